The molecule has 0 radical (unpaired) electrons. The molecule has 1 rings (SSSR count). The molecule has 0 aliphatic rings. The van der Waals surface area contributed by atoms with Crippen LogP contribution in [0.2, 0.25) is 0 Å². The van der Waals surface area contributed by atoms with Gasteiger partial charge in [0, 0.05) is 0 Å². The number of hydrogen-bond acceptors (Lipinski definition) is 2. The highest BCUT2D eigenvalue weighted by molar-refractivity contribution is 5.93. The molecule has 0 aliphatic carbocycles. The summed E-state index contributed by atoms with van der Waals surface area (Å²) in [4.78, 5) is 10.7. The first kappa shape index (κ1) is 10.5. The Morgan fingerprint density at radius 2 is 1.93 bits per heavy atom. The Morgan fingerprint density at radius 1 is 1.36 bits per heavy atom. The topological polar surface area (TPSA) is 57.5 Å². The predicted octanol–water partition coefficient (Wildman–Crippen LogP) is 1.54. The van der Waals surface area contributed by atoms with Gasteiger partial charge in [0.2, 0.25) is 0 Å². The summed E-state index contributed by atoms with van der Waals surface area (Å²) in [6.07, 6.45) is 0.500. The van der Waals surface area contributed by atoms with E-state index in [1.807, 2.05) is 18.2 Å². The van der Waals surface area contributed by atoms with E-state index in [1.54, 1.807) is 12.1 Å². The SMILES string of the molecule is CC(O)/C(=C/c1ccccc1)C(=O)O. The summed E-state index contributed by atoms with van der Waals surface area (Å²) >= 11 is 0. The first-order valence-corrected chi connectivity index (χ1v) is 4.29. The summed E-state index contributed by atoms with van der Waals surface area (Å²) in [7, 11) is 0. The third-order valence-corrected chi connectivity index (χ3v) is 1.82. The summed E-state index contributed by atoms with van der Waals surface area (Å²) in [6, 6.07) is 9.04. The van der Waals surface area contributed by atoms with Crippen LogP contribution < -0.4 is 0 Å². The molecule has 0 fully saturated rings. The minimum absolute atomic E-state index is 0.00352. The van der Waals surface area contributed by atoms with Gasteiger partial charge in [0.05, 0.1) is 11.7 Å². The minimum atomic E-state index is -1.09. The Hall–Kier alpha value is -1.61. The van der Waals surface area contributed by atoms with E-state index in [-0.39, 0.29) is 5.57 Å². The van der Waals surface area contributed by atoms with Crippen molar-refractivity contribution < 1.29 is 15.0 Å². The second-order valence-electron chi connectivity index (χ2n) is 2.99. The molecule has 0 saturated carbocycles. The first-order valence-electron chi connectivity index (χ1n) is 4.29. The highest BCUT2D eigenvalue weighted by atomic mass is 16.4. The van der Waals surface area contributed by atoms with Crippen molar-refractivity contribution >= 4 is 12.0 Å². The number of carbonyl (C=O) groups is 1. The van der Waals surface area contributed by atoms with Crippen LogP contribution in [0.4, 0.5) is 0 Å². The number of aliphatic hydroxyl groups is 1. The molecule has 3 heteroatoms. The maximum absolute atomic E-state index is 10.7. The molecule has 2 N–H and O–H groups in total. The van der Waals surface area contributed by atoms with Crippen LogP contribution >= 0.6 is 0 Å². The van der Waals surface area contributed by atoms with Gasteiger partial charge in [-0.1, -0.05) is 30.3 Å². The van der Waals surface area contributed by atoms with Crippen molar-refractivity contribution in [2.75, 3.05) is 0 Å². The first-order chi connectivity index (χ1) is 6.61. The quantitative estimate of drug-likeness (QED) is 0.714. The predicted molar refractivity (Wildman–Crippen MR) is 53.7 cm³/mol. The van der Waals surface area contributed by atoms with Crippen molar-refractivity contribution in [1.29, 1.82) is 0 Å². The third kappa shape index (κ3) is 2.71. The van der Waals surface area contributed by atoms with E-state index in [4.69, 9.17) is 5.11 Å². The molecule has 1 aromatic rings. The Labute approximate surface area is 82.3 Å². The number of carboxylic acid groups (broad SMARTS) is 1. The summed E-state index contributed by atoms with van der Waals surface area (Å²) in [5.41, 5.74) is 0.766. The molecule has 3 nitrogen and oxygen atoms in total. The average Bonchev–Trinajstić information content (AvgIpc) is 2.15. The van der Waals surface area contributed by atoms with E-state index in [1.165, 1.54) is 13.0 Å². The van der Waals surface area contributed by atoms with Crippen LogP contribution in [0.15, 0.2) is 35.9 Å². The second-order valence-corrected chi connectivity index (χ2v) is 2.99. The molecule has 0 aromatic heterocycles. The van der Waals surface area contributed by atoms with Gasteiger partial charge in [-0.15, -0.1) is 0 Å². The van der Waals surface area contributed by atoms with Gasteiger partial charge >= 0.3 is 5.97 Å². The highest BCUT2D eigenvalue weighted by Crippen LogP contribution is 2.09. The van der Waals surface area contributed by atoms with Crippen LogP contribution in [0.5, 0.6) is 0 Å². The van der Waals surface area contributed by atoms with Gasteiger partial charge in [0.25, 0.3) is 0 Å². The summed E-state index contributed by atoms with van der Waals surface area (Å²) < 4.78 is 0. The second kappa shape index (κ2) is 4.58. The fraction of sp³-hybridized carbons (Fsp3) is 0.182. The van der Waals surface area contributed by atoms with Crippen molar-refractivity contribution in [3.05, 3.63) is 41.5 Å². The normalized spacial score (nSPS) is 13.7. The van der Waals surface area contributed by atoms with Gasteiger partial charge in [-0.2, -0.15) is 0 Å². The Balaban J connectivity index is 3.00. The average molecular weight is 192 g/mol. The molecular formula is C11H12O3. The number of carboxylic acids is 1. The molecule has 0 saturated heterocycles. The van der Waals surface area contributed by atoms with E-state index >= 15 is 0 Å². The number of aliphatic hydroxyl groups excluding tert-OH is 1. The summed E-state index contributed by atoms with van der Waals surface area (Å²) in [6.45, 7) is 1.43. The number of benzene rings is 1. The number of hydrogen-bond donors (Lipinski definition) is 2. The van der Waals surface area contributed by atoms with E-state index < -0.39 is 12.1 Å². The van der Waals surface area contributed by atoms with Crippen molar-refractivity contribution in [3.8, 4) is 0 Å². The fourth-order valence-electron chi connectivity index (χ4n) is 1.09. The zero-order chi connectivity index (χ0) is 10.6. The standard InChI is InChI=1S/C11H12O3/c1-8(12)10(11(13)14)7-9-5-3-2-4-6-9/h2-8,12H,1H3,(H,13,14)/b10-7-. The van der Waals surface area contributed by atoms with Gasteiger partial charge in [-0.05, 0) is 18.6 Å². The highest BCUT2D eigenvalue weighted by Gasteiger charge is 2.12. The molecule has 1 aromatic carbocycles. The monoisotopic (exact) mass is 192 g/mol. The van der Waals surface area contributed by atoms with Gasteiger partial charge in [0.1, 0.15) is 0 Å². The molecule has 14 heavy (non-hydrogen) atoms. The smallest absolute Gasteiger partial charge is 0.334 e. The van der Waals surface area contributed by atoms with Crippen LogP contribution in [-0.2, 0) is 4.79 Å². The summed E-state index contributed by atoms with van der Waals surface area (Å²) in [5, 5.41) is 18.0. The van der Waals surface area contributed by atoms with Gasteiger partial charge < -0.3 is 10.2 Å². The molecule has 0 amide bonds. The van der Waals surface area contributed by atoms with E-state index in [0.717, 1.165) is 5.56 Å². The molecule has 0 bridgehead atoms. The Bertz CT molecular complexity index is 339. The lowest BCUT2D eigenvalue weighted by Gasteiger charge is -2.04. The summed E-state index contributed by atoms with van der Waals surface area (Å²) in [5.74, 6) is -1.09. The van der Waals surface area contributed by atoms with Gasteiger partial charge in [-0.3, -0.25) is 0 Å². The van der Waals surface area contributed by atoms with Gasteiger partial charge in [-0.25, -0.2) is 4.79 Å². The minimum Gasteiger partial charge on any atom is -0.478 e. The molecule has 1 atom stereocenters. The molecule has 0 aliphatic heterocycles. The van der Waals surface area contributed by atoms with Crippen LogP contribution in [0.25, 0.3) is 6.08 Å². The maximum atomic E-state index is 10.7. The zero-order valence-corrected chi connectivity index (χ0v) is 7.84. The lowest BCUT2D eigenvalue weighted by molar-refractivity contribution is -0.133. The lowest BCUT2D eigenvalue weighted by atomic mass is 10.1. The van der Waals surface area contributed by atoms with Crippen molar-refractivity contribution in [2.24, 2.45) is 0 Å². The van der Waals surface area contributed by atoms with Crippen molar-refractivity contribution in [3.63, 3.8) is 0 Å². The molecule has 74 valence electrons. The van der Waals surface area contributed by atoms with Crippen LogP contribution in [0.1, 0.15) is 12.5 Å². The molecule has 1 unspecified atom stereocenters. The van der Waals surface area contributed by atoms with Crippen LogP contribution in [0, 0.1) is 0 Å². The van der Waals surface area contributed by atoms with Crippen molar-refractivity contribution in [1.82, 2.24) is 0 Å². The number of rotatable bonds is 3. The Morgan fingerprint density at radius 3 is 2.36 bits per heavy atom. The van der Waals surface area contributed by atoms with E-state index in [2.05, 4.69) is 0 Å². The lowest BCUT2D eigenvalue weighted by Crippen LogP contribution is -2.13. The van der Waals surface area contributed by atoms with E-state index in [0.29, 0.717) is 0 Å². The third-order valence-electron chi connectivity index (χ3n) is 1.82. The van der Waals surface area contributed by atoms with Gasteiger partial charge in [0.15, 0.2) is 0 Å². The van der Waals surface area contributed by atoms with E-state index in [9.17, 15) is 9.90 Å². The Kier molecular flexibility index (Phi) is 3.42. The van der Waals surface area contributed by atoms with Crippen LogP contribution in [0.3, 0.4) is 0 Å². The molecule has 0 spiro atoms. The molecule has 0 heterocycles. The fourth-order valence-corrected chi connectivity index (χ4v) is 1.09. The zero-order valence-electron chi connectivity index (χ0n) is 7.84. The van der Waals surface area contributed by atoms with Crippen LogP contribution in [-0.4, -0.2) is 22.3 Å². The van der Waals surface area contributed by atoms with Crippen molar-refractivity contribution in [2.45, 2.75) is 13.0 Å². The largest absolute Gasteiger partial charge is 0.478 e. The number of aliphatic carboxylic acids is 1. The molecular weight excluding hydrogens is 180 g/mol. The maximum Gasteiger partial charge on any atom is 0.334 e.